The van der Waals surface area contributed by atoms with Gasteiger partial charge in [0.2, 0.25) is 0 Å². The molecule has 0 aliphatic heterocycles. The number of anilines is 1. The van der Waals surface area contributed by atoms with Crippen molar-refractivity contribution in [3.63, 3.8) is 0 Å². The third-order valence-corrected chi connectivity index (χ3v) is 5.23. The van der Waals surface area contributed by atoms with Gasteiger partial charge in [-0.1, -0.05) is 0 Å². The number of fused-ring (bicyclic) bond motifs is 1. The number of rotatable bonds is 7. The molecule has 0 saturated carbocycles. The minimum Gasteiger partial charge on any atom is -0.369 e. The zero-order chi connectivity index (χ0) is 16.9. The van der Waals surface area contributed by atoms with E-state index in [1.54, 1.807) is 11.3 Å². The van der Waals surface area contributed by atoms with Gasteiger partial charge in [0, 0.05) is 30.2 Å². The van der Waals surface area contributed by atoms with Gasteiger partial charge in [0.1, 0.15) is 16.5 Å². The van der Waals surface area contributed by atoms with Crippen molar-refractivity contribution in [1.82, 2.24) is 15.0 Å². The summed E-state index contributed by atoms with van der Waals surface area (Å²) in [6, 6.07) is 4.13. The number of aromatic nitrogens is 3. The third kappa shape index (κ3) is 3.71. The van der Waals surface area contributed by atoms with Crippen LogP contribution < -0.4 is 11.1 Å². The summed E-state index contributed by atoms with van der Waals surface area (Å²) in [7, 11) is 0. The van der Waals surface area contributed by atoms with Crippen molar-refractivity contribution in [3.05, 3.63) is 46.4 Å². The number of hydrogen-bond acceptors (Lipinski definition) is 6. The third-order valence-electron chi connectivity index (χ3n) is 4.13. The molecule has 0 amide bonds. The van der Waals surface area contributed by atoms with Crippen LogP contribution in [-0.4, -0.2) is 28.0 Å². The van der Waals surface area contributed by atoms with Crippen molar-refractivity contribution in [2.24, 2.45) is 5.73 Å². The van der Waals surface area contributed by atoms with E-state index in [1.807, 2.05) is 12.4 Å². The van der Waals surface area contributed by atoms with E-state index in [9.17, 15) is 0 Å². The van der Waals surface area contributed by atoms with Crippen molar-refractivity contribution >= 4 is 27.4 Å². The van der Waals surface area contributed by atoms with Crippen LogP contribution in [-0.2, 0) is 12.8 Å². The summed E-state index contributed by atoms with van der Waals surface area (Å²) < 4.78 is 0. The monoisotopic (exact) mass is 341 g/mol. The van der Waals surface area contributed by atoms with E-state index >= 15 is 0 Å². The lowest BCUT2D eigenvalue weighted by atomic mass is 10.1. The highest BCUT2D eigenvalue weighted by Crippen LogP contribution is 2.33. The summed E-state index contributed by atoms with van der Waals surface area (Å²) in [6.45, 7) is 5.72. The lowest BCUT2D eigenvalue weighted by molar-refractivity contribution is 0.846. The first-order chi connectivity index (χ1) is 11.7. The molecule has 0 saturated heterocycles. The number of pyridine rings is 1. The molecule has 3 heterocycles. The molecule has 0 radical (unpaired) electrons. The summed E-state index contributed by atoms with van der Waals surface area (Å²) in [4.78, 5) is 15.8. The Kier molecular flexibility index (Phi) is 5.37. The maximum atomic E-state index is 5.67. The SMILES string of the molecule is Cc1sc2nc(CCN)nc(NCCCc3ccncc3)c2c1C. The van der Waals surface area contributed by atoms with Crippen LogP contribution in [0.15, 0.2) is 24.5 Å². The fourth-order valence-electron chi connectivity index (χ4n) is 2.71. The maximum absolute atomic E-state index is 5.67. The second kappa shape index (κ2) is 7.68. The molecular weight excluding hydrogens is 318 g/mol. The molecule has 0 unspecified atom stereocenters. The normalized spacial score (nSPS) is 11.1. The van der Waals surface area contributed by atoms with Crippen molar-refractivity contribution in [2.45, 2.75) is 33.1 Å². The first-order valence-corrected chi connectivity index (χ1v) is 9.10. The molecule has 0 aromatic carbocycles. The van der Waals surface area contributed by atoms with Gasteiger partial charge < -0.3 is 11.1 Å². The van der Waals surface area contributed by atoms with Crippen LogP contribution in [0, 0.1) is 13.8 Å². The maximum Gasteiger partial charge on any atom is 0.138 e. The molecule has 3 N–H and O–H groups in total. The largest absolute Gasteiger partial charge is 0.369 e. The number of thiophene rings is 1. The molecular formula is C18H23N5S. The summed E-state index contributed by atoms with van der Waals surface area (Å²) in [6.07, 6.45) is 6.46. The molecule has 5 nitrogen and oxygen atoms in total. The zero-order valence-corrected chi connectivity index (χ0v) is 15.0. The van der Waals surface area contributed by atoms with Crippen LogP contribution in [0.1, 0.15) is 28.2 Å². The zero-order valence-electron chi connectivity index (χ0n) is 14.2. The first-order valence-electron chi connectivity index (χ1n) is 8.28. The van der Waals surface area contributed by atoms with Crippen LogP contribution in [0.2, 0.25) is 0 Å². The molecule has 0 aliphatic rings. The fraction of sp³-hybridized carbons (Fsp3) is 0.389. The Hall–Kier alpha value is -2.05. The number of hydrogen-bond donors (Lipinski definition) is 2. The summed E-state index contributed by atoms with van der Waals surface area (Å²) in [5, 5.41) is 4.66. The van der Waals surface area contributed by atoms with E-state index in [1.165, 1.54) is 16.0 Å². The average molecular weight is 341 g/mol. The van der Waals surface area contributed by atoms with Crippen LogP contribution in [0.25, 0.3) is 10.2 Å². The summed E-state index contributed by atoms with van der Waals surface area (Å²) in [5.41, 5.74) is 8.25. The predicted molar refractivity (Wildman–Crippen MR) is 101 cm³/mol. The Bertz CT molecular complexity index is 813. The Balaban J connectivity index is 1.74. The highest BCUT2D eigenvalue weighted by Gasteiger charge is 2.14. The van der Waals surface area contributed by atoms with Crippen LogP contribution in [0.4, 0.5) is 5.82 Å². The topological polar surface area (TPSA) is 76.7 Å². The molecule has 0 spiro atoms. The van der Waals surface area contributed by atoms with Crippen molar-refractivity contribution in [2.75, 3.05) is 18.4 Å². The van der Waals surface area contributed by atoms with Crippen molar-refractivity contribution in [3.8, 4) is 0 Å². The Morgan fingerprint density at radius 2 is 1.92 bits per heavy atom. The van der Waals surface area contributed by atoms with Crippen LogP contribution in [0.5, 0.6) is 0 Å². The van der Waals surface area contributed by atoms with E-state index in [0.29, 0.717) is 13.0 Å². The van der Waals surface area contributed by atoms with Crippen molar-refractivity contribution in [1.29, 1.82) is 0 Å². The quantitative estimate of drug-likeness (QED) is 0.645. The predicted octanol–water partition coefficient (Wildman–Crippen LogP) is 3.25. The second-order valence-electron chi connectivity index (χ2n) is 5.88. The Morgan fingerprint density at radius 1 is 1.12 bits per heavy atom. The minimum absolute atomic E-state index is 0.566. The lowest BCUT2D eigenvalue weighted by Crippen LogP contribution is -2.10. The highest BCUT2D eigenvalue weighted by atomic mass is 32.1. The van der Waals surface area contributed by atoms with Gasteiger partial charge in [0.25, 0.3) is 0 Å². The molecule has 6 heteroatoms. The molecule has 0 aliphatic carbocycles. The van der Waals surface area contributed by atoms with Crippen LogP contribution >= 0.6 is 11.3 Å². The molecule has 0 fully saturated rings. The van der Waals surface area contributed by atoms with E-state index in [-0.39, 0.29) is 0 Å². The standard InChI is InChI=1S/C18H23N5S/c1-12-13(2)24-18-16(12)17(22-15(23-18)5-8-19)21-9-3-4-14-6-10-20-11-7-14/h6-7,10-11H,3-5,8-9,19H2,1-2H3,(H,21,22,23). The van der Waals surface area contributed by atoms with Gasteiger partial charge in [-0.15, -0.1) is 11.3 Å². The van der Waals surface area contributed by atoms with Gasteiger partial charge in [-0.25, -0.2) is 9.97 Å². The molecule has 0 atom stereocenters. The molecule has 3 rings (SSSR count). The summed E-state index contributed by atoms with van der Waals surface area (Å²) in [5.74, 6) is 1.77. The average Bonchev–Trinajstić information content (AvgIpc) is 2.87. The van der Waals surface area contributed by atoms with Gasteiger partial charge in [0.15, 0.2) is 0 Å². The molecule has 0 bridgehead atoms. The molecule has 24 heavy (non-hydrogen) atoms. The van der Waals surface area contributed by atoms with Gasteiger partial charge >= 0.3 is 0 Å². The van der Waals surface area contributed by atoms with E-state index < -0.39 is 0 Å². The number of nitrogens with zero attached hydrogens (tertiary/aromatic N) is 3. The first kappa shape index (κ1) is 16.8. The van der Waals surface area contributed by atoms with Crippen LogP contribution in [0.3, 0.4) is 0 Å². The minimum atomic E-state index is 0.566. The Labute approximate surface area is 146 Å². The second-order valence-corrected chi connectivity index (χ2v) is 7.08. The molecule has 3 aromatic heterocycles. The summed E-state index contributed by atoms with van der Waals surface area (Å²) >= 11 is 1.73. The van der Waals surface area contributed by atoms with E-state index in [4.69, 9.17) is 10.7 Å². The number of nitrogens with two attached hydrogens (primary N) is 1. The van der Waals surface area contributed by atoms with Gasteiger partial charge in [-0.2, -0.15) is 0 Å². The Morgan fingerprint density at radius 3 is 2.67 bits per heavy atom. The molecule has 3 aromatic rings. The number of nitrogens with one attached hydrogen (secondary N) is 1. The van der Waals surface area contributed by atoms with Crippen molar-refractivity contribution < 1.29 is 0 Å². The fourth-order valence-corrected chi connectivity index (χ4v) is 3.76. The van der Waals surface area contributed by atoms with Gasteiger partial charge in [-0.3, -0.25) is 4.98 Å². The van der Waals surface area contributed by atoms with E-state index in [2.05, 4.69) is 41.3 Å². The van der Waals surface area contributed by atoms with Gasteiger partial charge in [0.05, 0.1) is 5.39 Å². The highest BCUT2D eigenvalue weighted by molar-refractivity contribution is 7.18. The smallest absolute Gasteiger partial charge is 0.138 e. The van der Waals surface area contributed by atoms with Gasteiger partial charge in [-0.05, 0) is 56.5 Å². The number of aryl methyl sites for hydroxylation is 3. The van der Waals surface area contributed by atoms with E-state index in [0.717, 1.165) is 41.2 Å². The molecule has 126 valence electrons. The lowest BCUT2D eigenvalue weighted by Gasteiger charge is -2.09.